The highest BCUT2D eigenvalue weighted by atomic mass is 35.5. The standard InChI is InChI=1S/C22H14ClF3N2O4S/c23-18-10-16(5-6-17(18)22(24,25)26)33(30,31)15-3-1-13(2-4-15)11-28-21(29)19-9-14-7-8-27-12-20(14)32-19/h1-10,12H,11H2,(H,28,29). The average Bonchev–Trinajstić information content (AvgIpc) is 3.21. The molecular formula is C22H14ClF3N2O4S. The van der Waals surface area contributed by atoms with Crippen LogP contribution in [0.3, 0.4) is 0 Å². The van der Waals surface area contributed by atoms with Crippen LogP contribution in [0.2, 0.25) is 5.02 Å². The van der Waals surface area contributed by atoms with Gasteiger partial charge in [0.2, 0.25) is 9.84 Å². The molecule has 11 heteroatoms. The molecule has 0 unspecified atom stereocenters. The number of carbonyl (C=O) groups excluding carboxylic acids is 1. The molecule has 4 aromatic rings. The summed E-state index contributed by atoms with van der Waals surface area (Å²) in [6.45, 7) is 0.0978. The minimum atomic E-state index is -4.69. The molecule has 0 fully saturated rings. The molecule has 0 bridgehead atoms. The second-order valence-corrected chi connectivity index (χ2v) is 9.35. The van der Waals surface area contributed by atoms with Gasteiger partial charge in [-0.2, -0.15) is 13.2 Å². The third kappa shape index (κ3) is 4.71. The first kappa shape index (κ1) is 22.8. The van der Waals surface area contributed by atoms with Crippen LogP contribution in [0.1, 0.15) is 21.7 Å². The molecule has 0 aliphatic heterocycles. The third-order valence-corrected chi connectivity index (χ3v) is 6.87. The van der Waals surface area contributed by atoms with Gasteiger partial charge in [0.1, 0.15) is 0 Å². The summed E-state index contributed by atoms with van der Waals surface area (Å²) >= 11 is 5.64. The Hall–Kier alpha value is -3.37. The number of sulfone groups is 1. The topological polar surface area (TPSA) is 89.3 Å². The first-order chi connectivity index (χ1) is 15.6. The normalized spacial score (nSPS) is 12.1. The Morgan fingerprint density at radius 2 is 1.73 bits per heavy atom. The van der Waals surface area contributed by atoms with E-state index in [1.807, 2.05) is 0 Å². The van der Waals surface area contributed by atoms with Crippen LogP contribution < -0.4 is 5.32 Å². The van der Waals surface area contributed by atoms with Crippen LogP contribution in [-0.2, 0) is 22.6 Å². The number of nitrogens with zero attached hydrogens (tertiary/aromatic N) is 1. The number of aromatic nitrogens is 1. The van der Waals surface area contributed by atoms with E-state index in [9.17, 15) is 26.4 Å². The first-order valence-electron chi connectivity index (χ1n) is 9.38. The SMILES string of the molecule is O=C(NCc1ccc(S(=O)(=O)c2ccc(C(F)(F)F)c(Cl)c2)cc1)c1cc2ccncc2o1. The predicted octanol–water partition coefficient (Wildman–Crippen LogP) is 5.26. The van der Waals surface area contributed by atoms with Crippen molar-refractivity contribution in [2.24, 2.45) is 0 Å². The van der Waals surface area contributed by atoms with Crippen molar-refractivity contribution in [3.05, 3.63) is 88.9 Å². The second-order valence-electron chi connectivity index (χ2n) is 6.99. The zero-order chi connectivity index (χ0) is 23.8. The van der Waals surface area contributed by atoms with Gasteiger partial charge in [-0.15, -0.1) is 0 Å². The predicted molar refractivity (Wildman–Crippen MR) is 114 cm³/mol. The van der Waals surface area contributed by atoms with Gasteiger partial charge in [0.15, 0.2) is 11.3 Å². The van der Waals surface area contributed by atoms with Crippen molar-refractivity contribution in [2.45, 2.75) is 22.5 Å². The molecule has 6 nitrogen and oxygen atoms in total. The molecular weight excluding hydrogens is 481 g/mol. The van der Waals surface area contributed by atoms with Gasteiger partial charge in [-0.25, -0.2) is 8.42 Å². The lowest BCUT2D eigenvalue weighted by atomic mass is 10.2. The Kier molecular flexibility index (Phi) is 5.89. The maximum absolute atomic E-state index is 12.9. The molecule has 33 heavy (non-hydrogen) atoms. The fourth-order valence-corrected chi connectivity index (χ4v) is 4.72. The number of carbonyl (C=O) groups is 1. The van der Waals surface area contributed by atoms with Crippen LogP contribution in [-0.4, -0.2) is 19.3 Å². The molecule has 1 N–H and O–H groups in total. The highest BCUT2D eigenvalue weighted by Crippen LogP contribution is 2.36. The van der Waals surface area contributed by atoms with E-state index in [0.29, 0.717) is 17.2 Å². The zero-order valence-corrected chi connectivity index (χ0v) is 18.1. The molecule has 0 aliphatic carbocycles. The van der Waals surface area contributed by atoms with Gasteiger partial charge in [0.05, 0.1) is 26.6 Å². The van der Waals surface area contributed by atoms with Gasteiger partial charge in [-0.1, -0.05) is 23.7 Å². The van der Waals surface area contributed by atoms with E-state index in [4.69, 9.17) is 16.0 Å². The summed E-state index contributed by atoms with van der Waals surface area (Å²) in [5, 5.41) is 2.69. The smallest absolute Gasteiger partial charge is 0.417 e. The minimum absolute atomic E-state index is 0.0978. The molecule has 2 aromatic heterocycles. The number of alkyl halides is 3. The van der Waals surface area contributed by atoms with E-state index in [2.05, 4.69) is 10.3 Å². The number of pyridine rings is 1. The van der Waals surface area contributed by atoms with E-state index in [-0.39, 0.29) is 22.1 Å². The number of fused-ring (bicyclic) bond motifs is 1. The van der Waals surface area contributed by atoms with Crippen LogP contribution in [0, 0.1) is 0 Å². The molecule has 0 saturated carbocycles. The van der Waals surface area contributed by atoms with Crippen molar-refractivity contribution in [2.75, 3.05) is 0 Å². The van der Waals surface area contributed by atoms with Gasteiger partial charge in [-0.3, -0.25) is 9.78 Å². The van der Waals surface area contributed by atoms with Crippen molar-refractivity contribution in [1.29, 1.82) is 0 Å². The lowest BCUT2D eigenvalue weighted by Gasteiger charge is -2.11. The highest BCUT2D eigenvalue weighted by molar-refractivity contribution is 7.91. The number of halogens is 4. The largest absolute Gasteiger partial charge is 0.449 e. The fourth-order valence-electron chi connectivity index (χ4n) is 3.08. The fraction of sp³-hybridized carbons (Fsp3) is 0.0909. The van der Waals surface area contributed by atoms with Crippen molar-refractivity contribution in [1.82, 2.24) is 10.3 Å². The van der Waals surface area contributed by atoms with Crippen LogP contribution in [0.25, 0.3) is 11.0 Å². The van der Waals surface area contributed by atoms with Crippen molar-refractivity contribution >= 4 is 38.3 Å². The maximum Gasteiger partial charge on any atom is 0.417 e. The molecule has 1 amide bonds. The third-order valence-electron chi connectivity index (χ3n) is 4.79. The molecule has 2 heterocycles. The first-order valence-corrected chi connectivity index (χ1v) is 11.2. The molecule has 2 aromatic carbocycles. The number of amides is 1. The minimum Gasteiger partial charge on any atom is -0.449 e. The molecule has 0 atom stereocenters. The van der Waals surface area contributed by atoms with E-state index < -0.39 is 32.5 Å². The number of hydrogen-bond acceptors (Lipinski definition) is 5. The molecule has 0 saturated heterocycles. The maximum atomic E-state index is 12.9. The van der Waals surface area contributed by atoms with Gasteiger partial charge in [0.25, 0.3) is 5.91 Å². The monoisotopic (exact) mass is 494 g/mol. The quantitative estimate of drug-likeness (QED) is 0.408. The summed E-state index contributed by atoms with van der Waals surface area (Å²) in [6, 6.07) is 11.1. The summed E-state index contributed by atoms with van der Waals surface area (Å²) in [5.41, 5.74) is -0.0407. The van der Waals surface area contributed by atoms with E-state index in [0.717, 1.165) is 17.5 Å². The van der Waals surface area contributed by atoms with Crippen LogP contribution in [0.4, 0.5) is 13.2 Å². The van der Waals surface area contributed by atoms with Crippen molar-refractivity contribution in [3.63, 3.8) is 0 Å². The van der Waals surface area contributed by atoms with Crippen LogP contribution in [0.15, 0.2) is 81.2 Å². The Bertz CT molecular complexity index is 1420. The van der Waals surface area contributed by atoms with E-state index >= 15 is 0 Å². The highest BCUT2D eigenvalue weighted by Gasteiger charge is 2.34. The molecule has 0 radical (unpaired) electrons. The number of nitrogens with one attached hydrogen (secondary N) is 1. The summed E-state index contributed by atoms with van der Waals surface area (Å²) in [6.07, 6.45) is -1.62. The number of rotatable bonds is 5. The van der Waals surface area contributed by atoms with Crippen molar-refractivity contribution in [3.8, 4) is 0 Å². The molecule has 4 rings (SSSR count). The molecule has 170 valence electrons. The summed E-state index contributed by atoms with van der Waals surface area (Å²) in [5.74, 6) is -0.348. The molecule has 0 aliphatic rings. The van der Waals surface area contributed by atoms with E-state index in [1.165, 1.54) is 30.5 Å². The lowest BCUT2D eigenvalue weighted by molar-refractivity contribution is -0.137. The number of furan rings is 1. The van der Waals surface area contributed by atoms with Gasteiger partial charge >= 0.3 is 6.18 Å². The number of hydrogen-bond donors (Lipinski definition) is 1. The second kappa shape index (κ2) is 8.53. The zero-order valence-electron chi connectivity index (χ0n) is 16.6. The summed E-state index contributed by atoms with van der Waals surface area (Å²) < 4.78 is 69.6. The van der Waals surface area contributed by atoms with Gasteiger partial charge < -0.3 is 9.73 Å². The lowest BCUT2D eigenvalue weighted by Crippen LogP contribution is -2.22. The van der Waals surface area contributed by atoms with Gasteiger partial charge in [-0.05, 0) is 48.0 Å². The Labute approximate surface area is 190 Å². The van der Waals surface area contributed by atoms with E-state index in [1.54, 1.807) is 18.3 Å². The van der Waals surface area contributed by atoms with Gasteiger partial charge in [0, 0.05) is 18.1 Å². The van der Waals surface area contributed by atoms with Crippen molar-refractivity contribution < 1.29 is 30.8 Å². The number of benzene rings is 2. The van der Waals surface area contributed by atoms with Crippen LogP contribution >= 0.6 is 11.6 Å². The summed E-state index contributed by atoms with van der Waals surface area (Å²) in [4.78, 5) is 15.7. The summed E-state index contributed by atoms with van der Waals surface area (Å²) in [7, 11) is -4.09. The molecule has 0 spiro atoms. The Morgan fingerprint density at radius 1 is 1.03 bits per heavy atom. The Morgan fingerprint density at radius 3 is 2.36 bits per heavy atom. The van der Waals surface area contributed by atoms with Crippen LogP contribution in [0.5, 0.6) is 0 Å². The average molecular weight is 495 g/mol. The Balaban J connectivity index is 1.47.